The van der Waals surface area contributed by atoms with Gasteiger partial charge in [0.2, 0.25) is 0 Å². The zero-order chi connectivity index (χ0) is 10.2. The molecule has 1 unspecified atom stereocenters. The van der Waals surface area contributed by atoms with Crippen molar-refractivity contribution >= 4 is 11.3 Å². The molecule has 3 N–H and O–H groups in total. The first-order valence-electron chi connectivity index (χ1n) is 4.94. The first-order valence-corrected chi connectivity index (χ1v) is 5.82. The highest BCUT2D eigenvalue weighted by molar-refractivity contribution is 7.09. The molecule has 1 heterocycles. The SMILES string of the molecule is CC(N)(CO)Cc1scnc1C1CC1. The van der Waals surface area contributed by atoms with Gasteiger partial charge in [0.25, 0.3) is 0 Å². The minimum absolute atomic E-state index is 0.0228. The van der Waals surface area contributed by atoms with Crippen LogP contribution in [0.3, 0.4) is 0 Å². The quantitative estimate of drug-likeness (QED) is 0.790. The molecular weight excluding hydrogens is 196 g/mol. The fourth-order valence-electron chi connectivity index (χ4n) is 1.52. The van der Waals surface area contributed by atoms with Crippen LogP contribution in [0.4, 0.5) is 0 Å². The van der Waals surface area contributed by atoms with Crippen molar-refractivity contribution in [2.45, 2.75) is 37.6 Å². The van der Waals surface area contributed by atoms with Gasteiger partial charge in [0.1, 0.15) is 0 Å². The lowest BCUT2D eigenvalue weighted by atomic mass is 9.98. The van der Waals surface area contributed by atoms with Gasteiger partial charge in [-0.25, -0.2) is 4.98 Å². The van der Waals surface area contributed by atoms with Crippen LogP contribution in [0.2, 0.25) is 0 Å². The van der Waals surface area contributed by atoms with E-state index in [0.717, 1.165) is 6.42 Å². The molecule has 1 fully saturated rings. The Morgan fingerprint density at radius 2 is 2.43 bits per heavy atom. The second-order valence-corrected chi connectivity index (χ2v) is 5.36. The lowest BCUT2D eigenvalue weighted by molar-refractivity contribution is 0.208. The molecule has 0 bridgehead atoms. The Bertz CT molecular complexity index is 318. The molecule has 2 rings (SSSR count). The number of thiazole rings is 1. The van der Waals surface area contributed by atoms with Crippen LogP contribution >= 0.6 is 11.3 Å². The maximum Gasteiger partial charge on any atom is 0.0797 e. The zero-order valence-electron chi connectivity index (χ0n) is 8.36. The largest absolute Gasteiger partial charge is 0.394 e. The van der Waals surface area contributed by atoms with E-state index >= 15 is 0 Å². The third kappa shape index (κ3) is 2.13. The van der Waals surface area contributed by atoms with Gasteiger partial charge < -0.3 is 10.8 Å². The Morgan fingerprint density at radius 3 is 3.00 bits per heavy atom. The Hall–Kier alpha value is -0.450. The van der Waals surface area contributed by atoms with Gasteiger partial charge in [-0.1, -0.05) is 0 Å². The summed E-state index contributed by atoms with van der Waals surface area (Å²) in [5.41, 5.74) is 8.53. The summed E-state index contributed by atoms with van der Waals surface area (Å²) in [4.78, 5) is 5.63. The average Bonchev–Trinajstić information content (AvgIpc) is 2.88. The van der Waals surface area contributed by atoms with Crippen LogP contribution < -0.4 is 5.73 Å². The van der Waals surface area contributed by atoms with Crippen molar-refractivity contribution in [3.05, 3.63) is 16.1 Å². The lowest BCUT2D eigenvalue weighted by Gasteiger charge is -2.20. The van der Waals surface area contributed by atoms with Crippen molar-refractivity contribution in [2.24, 2.45) is 5.73 Å². The molecule has 1 atom stereocenters. The lowest BCUT2D eigenvalue weighted by Crippen LogP contribution is -2.42. The van der Waals surface area contributed by atoms with E-state index in [-0.39, 0.29) is 6.61 Å². The predicted octanol–water partition coefficient (Wildman–Crippen LogP) is 1.27. The number of nitrogens with zero attached hydrogens (tertiary/aromatic N) is 1. The van der Waals surface area contributed by atoms with E-state index in [2.05, 4.69) is 4.98 Å². The molecule has 1 saturated carbocycles. The van der Waals surface area contributed by atoms with E-state index in [0.29, 0.717) is 5.92 Å². The Balaban J connectivity index is 2.11. The average molecular weight is 212 g/mol. The predicted molar refractivity (Wildman–Crippen MR) is 57.5 cm³/mol. The third-order valence-electron chi connectivity index (χ3n) is 2.56. The van der Waals surface area contributed by atoms with Gasteiger partial charge in [-0.2, -0.15) is 0 Å². The second kappa shape index (κ2) is 3.61. The van der Waals surface area contributed by atoms with Gasteiger partial charge in [0.15, 0.2) is 0 Å². The van der Waals surface area contributed by atoms with Crippen molar-refractivity contribution in [3.8, 4) is 0 Å². The molecule has 0 spiro atoms. The fraction of sp³-hybridized carbons (Fsp3) is 0.700. The van der Waals surface area contributed by atoms with Crippen molar-refractivity contribution in [3.63, 3.8) is 0 Å². The second-order valence-electron chi connectivity index (χ2n) is 4.42. The molecule has 3 nitrogen and oxygen atoms in total. The summed E-state index contributed by atoms with van der Waals surface area (Å²) in [6, 6.07) is 0. The van der Waals surface area contributed by atoms with E-state index in [1.54, 1.807) is 11.3 Å². The standard InChI is InChI=1S/C10H16N2OS/c1-10(11,5-13)4-8-9(7-2-3-7)12-6-14-8/h6-7,13H,2-5,11H2,1H3. The molecule has 1 aromatic rings. The number of rotatable bonds is 4. The number of nitrogens with two attached hydrogens (primary N) is 1. The van der Waals surface area contributed by atoms with Gasteiger partial charge in [0.05, 0.1) is 17.8 Å². The molecule has 0 radical (unpaired) electrons. The minimum Gasteiger partial charge on any atom is -0.394 e. The van der Waals surface area contributed by atoms with Crippen LogP contribution in [0, 0.1) is 0 Å². The Kier molecular flexibility index (Phi) is 2.60. The van der Waals surface area contributed by atoms with Gasteiger partial charge in [-0.05, 0) is 19.8 Å². The summed E-state index contributed by atoms with van der Waals surface area (Å²) in [6.07, 6.45) is 3.26. The first-order chi connectivity index (χ1) is 6.62. The topological polar surface area (TPSA) is 59.1 Å². The normalized spacial score (nSPS) is 20.8. The first kappa shape index (κ1) is 10.1. The molecule has 14 heavy (non-hydrogen) atoms. The van der Waals surface area contributed by atoms with Crippen LogP contribution in [0.1, 0.15) is 36.3 Å². The fourth-order valence-corrected chi connectivity index (χ4v) is 2.57. The van der Waals surface area contributed by atoms with Crippen molar-refractivity contribution < 1.29 is 5.11 Å². The van der Waals surface area contributed by atoms with E-state index in [1.165, 1.54) is 23.4 Å². The molecule has 0 aromatic carbocycles. The van der Waals surface area contributed by atoms with E-state index < -0.39 is 5.54 Å². The summed E-state index contributed by atoms with van der Waals surface area (Å²) in [5, 5.41) is 9.10. The minimum atomic E-state index is -0.504. The summed E-state index contributed by atoms with van der Waals surface area (Å²) in [7, 11) is 0. The van der Waals surface area contributed by atoms with Crippen LogP contribution in [-0.2, 0) is 6.42 Å². The molecule has 0 amide bonds. The zero-order valence-corrected chi connectivity index (χ0v) is 9.18. The summed E-state index contributed by atoms with van der Waals surface area (Å²) in [5.74, 6) is 0.672. The van der Waals surface area contributed by atoms with E-state index in [1.807, 2.05) is 12.4 Å². The van der Waals surface area contributed by atoms with Crippen molar-refractivity contribution in [1.82, 2.24) is 4.98 Å². The Morgan fingerprint density at radius 1 is 1.71 bits per heavy atom. The molecule has 1 aliphatic rings. The molecule has 1 aromatic heterocycles. The number of hydrogen-bond donors (Lipinski definition) is 2. The molecule has 0 saturated heterocycles. The van der Waals surface area contributed by atoms with Gasteiger partial charge in [-0.3, -0.25) is 0 Å². The molecule has 4 heteroatoms. The molecule has 0 aliphatic heterocycles. The number of aromatic nitrogens is 1. The van der Waals surface area contributed by atoms with E-state index in [9.17, 15) is 0 Å². The smallest absolute Gasteiger partial charge is 0.0797 e. The van der Waals surface area contributed by atoms with Crippen LogP contribution in [0.25, 0.3) is 0 Å². The number of aliphatic hydroxyl groups excluding tert-OH is 1. The summed E-state index contributed by atoms with van der Waals surface area (Å²) >= 11 is 1.66. The Labute approximate surface area is 88.0 Å². The number of hydrogen-bond acceptors (Lipinski definition) is 4. The third-order valence-corrected chi connectivity index (χ3v) is 3.41. The van der Waals surface area contributed by atoms with Gasteiger partial charge in [0, 0.05) is 22.8 Å². The highest BCUT2D eigenvalue weighted by atomic mass is 32.1. The summed E-state index contributed by atoms with van der Waals surface area (Å²) in [6.45, 7) is 1.90. The molecule has 1 aliphatic carbocycles. The maximum atomic E-state index is 9.10. The number of aliphatic hydroxyl groups is 1. The highest BCUT2D eigenvalue weighted by Gasteiger charge is 2.30. The van der Waals surface area contributed by atoms with E-state index in [4.69, 9.17) is 10.8 Å². The van der Waals surface area contributed by atoms with Gasteiger partial charge >= 0.3 is 0 Å². The molecular formula is C10H16N2OS. The summed E-state index contributed by atoms with van der Waals surface area (Å²) < 4.78 is 0. The molecule has 78 valence electrons. The van der Waals surface area contributed by atoms with Crippen molar-refractivity contribution in [2.75, 3.05) is 6.61 Å². The van der Waals surface area contributed by atoms with Crippen molar-refractivity contribution in [1.29, 1.82) is 0 Å². The van der Waals surface area contributed by atoms with Crippen LogP contribution in [0.15, 0.2) is 5.51 Å². The maximum absolute atomic E-state index is 9.10. The van der Waals surface area contributed by atoms with Crippen LogP contribution in [0.5, 0.6) is 0 Å². The van der Waals surface area contributed by atoms with Gasteiger partial charge in [-0.15, -0.1) is 11.3 Å². The monoisotopic (exact) mass is 212 g/mol. The van der Waals surface area contributed by atoms with Crippen LogP contribution in [-0.4, -0.2) is 22.2 Å². The highest BCUT2D eigenvalue weighted by Crippen LogP contribution is 2.42.